The van der Waals surface area contributed by atoms with Gasteiger partial charge in [-0.3, -0.25) is 4.79 Å². The molecule has 0 atom stereocenters. The summed E-state index contributed by atoms with van der Waals surface area (Å²) in [4.78, 5) is 24.7. The summed E-state index contributed by atoms with van der Waals surface area (Å²) >= 11 is 0. The number of carbonyl (C=O) groups is 2. The van der Waals surface area contributed by atoms with Gasteiger partial charge in [0, 0.05) is 18.7 Å². The van der Waals surface area contributed by atoms with E-state index in [-0.39, 0.29) is 17.5 Å². The van der Waals surface area contributed by atoms with Gasteiger partial charge < -0.3 is 10.0 Å². The molecule has 112 valence electrons. The Morgan fingerprint density at radius 1 is 1.43 bits per heavy atom. The summed E-state index contributed by atoms with van der Waals surface area (Å²) in [6.07, 6.45) is 5.06. The van der Waals surface area contributed by atoms with Crippen LogP contribution < -0.4 is 0 Å². The maximum absolute atomic E-state index is 13.9. The largest absolute Gasteiger partial charge is 0.478 e. The van der Waals surface area contributed by atoms with Crippen LogP contribution in [0.3, 0.4) is 0 Å². The summed E-state index contributed by atoms with van der Waals surface area (Å²) in [6, 6.07) is 4.27. The molecule has 21 heavy (non-hydrogen) atoms. The van der Waals surface area contributed by atoms with Crippen LogP contribution in [-0.4, -0.2) is 34.5 Å². The van der Waals surface area contributed by atoms with Gasteiger partial charge in [0.05, 0.1) is 5.56 Å². The normalized spacial score (nSPS) is 14.4. The van der Waals surface area contributed by atoms with E-state index < -0.39 is 11.8 Å². The maximum atomic E-state index is 13.9. The predicted molar refractivity (Wildman–Crippen MR) is 77.4 cm³/mol. The van der Waals surface area contributed by atoms with Gasteiger partial charge in [-0.15, -0.1) is 0 Å². The molecule has 1 aromatic rings. The first kappa shape index (κ1) is 15.2. The van der Waals surface area contributed by atoms with E-state index in [2.05, 4.69) is 0 Å². The van der Waals surface area contributed by atoms with Crippen molar-refractivity contribution in [3.63, 3.8) is 0 Å². The highest BCUT2D eigenvalue weighted by atomic mass is 19.1. The van der Waals surface area contributed by atoms with Crippen LogP contribution in [0.25, 0.3) is 6.08 Å². The summed E-state index contributed by atoms with van der Waals surface area (Å²) in [5, 5.41) is 8.61. The lowest BCUT2D eigenvalue weighted by atomic mass is 10.1. The number of carbonyl (C=O) groups excluding carboxylic acids is 1. The zero-order valence-corrected chi connectivity index (χ0v) is 11.9. The first-order chi connectivity index (χ1) is 10.0. The summed E-state index contributed by atoms with van der Waals surface area (Å²) in [5.41, 5.74) is 0.497. The lowest BCUT2D eigenvalue weighted by Gasteiger charge is -2.22. The number of amides is 1. The van der Waals surface area contributed by atoms with Crippen LogP contribution in [0, 0.1) is 5.82 Å². The Hall–Kier alpha value is -2.17. The topological polar surface area (TPSA) is 57.6 Å². The van der Waals surface area contributed by atoms with Crippen molar-refractivity contribution in [2.45, 2.75) is 32.2 Å². The zero-order valence-electron chi connectivity index (χ0n) is 11.9. The second kappa shape index (κ2) is 6.52. The Balaban J connectivity index is 2.26. The lowest BCUT2D eigenvalue weighted by Crippen LogP contribution is -2.34. The van der Waals surface area contributed by atoms with Crippen molar-refractivity contribution in [1.82, 2.24) is 4.90 Å². The Morgan fingerprint density at radius 3 is 2.71 bits per heavy atom. The molecule has 0 spiro atoms. The van der Waals surface area contributed by atoms with Crippen molar-refractivity contribution in [3.8, 4) is 0 Å². The molecule has 0 bridgehead atoms. The van der Waals surface area contributed by atoms with Crippen LogP contribution >= 0.6 is 0 Å². The van der Waals surface area contributed by atoms with Crippen molar-refractivity contribution < 1.29 is 19.1 Å². The molecule has 0 unspecified atom stereocenters. The monoisotopic (exact) mass is 291 g/mol. The number of hydrogen-bond donors (Lipinski definition) is 1. The summed E-state index contributed by atoms with van der Waals surface area (Å²) in [7, 11) is 0. The van der Waals surface area contributed by atoms with Crippen molar-refractivity contribution in [2.24, 2.45) is 0 Å². The van der Waals surface area contributed by atoms with Crippen molar-refractivity contribution in [2.75, 3.05) is 6.54 Å². The number of aliphatic carboxylic acids is 1. The van der Waals surface area contributed by atoms with Gasteiger partial charge in [-0.05, 0) is 43.0 Å². The summed E-state index contributed by atoms with van der Waals surface area (Å²) < 4.78 is 13.9. The van der Waals surface area contributed by atoms with E-state index in [0.717, 1.165) is 25.3 Å². The molecule has 1 aliphatic carbocycles. The van der Waals surface area contributed by atoms with E-state index in [4.69, 9.17) is 5.11 Å². The van der Waals surface area contributed by atoms with Crippen LogP contribution in [0.2, 0.25) is 0 Å². The van der Waals surface area contributed by atoms with Gasteiger partial charge in [0.1, 0.15) is 5.82 Å². The van der Waals surface area contributed by atoms with E-state index in [1.54, 1.807) is 4.90 Å². The Morgan fingerprint density at radius 2 is 2.14 bits per heavy atom. The SMILES string of the molecule is CCCN(C(=O)c1cc(C=CC(=O)O)ccc1F)C1CC1. The number of hydrogen-bond acceptors (Lipinski definition) is 2. The molecular formula is C16H18FNO3. The fourth-order valence-electron chi connectivity index (χ4n) is 2.21. The molecule has 0 heterocycles. The fraction of sp³-hybridized carbons (Fsp3) is 0.375. The van der Waals surface area contributed by atoms with Gasteiger partial charge >= 0.3 is 5.97 Å². The molecular weight excluding hydrogens is 273 g/mol. The van der Waals surface area contributed by atoms with Crippen molar-refractivity contribution in [1.29, 1.82) is 0 Å². The van der Waals surface area contributed by atoms with Crippen molar-refractivity contribution in [3.05, 3.63) is 41.2 Å². The van der Waals surface area contributed by atoms with Crippen molar-refractivity contribution >= 4 is 18.0 Å². The quantitative estimate of drug-likeness (QED) is 0.820. The highest BCUT2D eigenvalue weighted by Crippen LogP contribution is 2.29. The third-order valence-electron chi connectivity index (χ3n) is 3.35. The molecule has 0 radical (unpaired) electrons. The van der Waals surface area contributed by atoms with E-state index in [1.807, 2.05) is 6.92 Å². The van der Waals surface area contributed by atoms with Crippen LogP contribution in [0.4, 0.5) is 4.39 Å². The predicted octanol–water partition coefficient (Wildman–Crippen LogP) is 2.94. The molecule has 1 fully saturated rings. The standard InChI is InChI=1S/C16H18FNO3/c1-2-9-18(12-5-6-12)16(21)13-10-11(3-7-14(13)17)4-8-15(19)20/h3-4,7-8,10,12H,2,5-6,9H2,1H3,(H,19,20). The number of carboxylic acids is 1. The number of rotatable bonds is 6. The average Bonchev–Trinajstić information content (AvgIpc) is 3.27. The summed E-state index contributed by atoms with van der Waals surface area (Å²) in [6.45, 7) is 2.59. The molecule has 0 saturated heterocycles. The first-order valence-electron chi connectivity index (χ1n) is 7.04. The van der Waals surface area contributed by atoms with E-state index in [1.165, 1.54) is 24.3 Å². The minimum absolute atomic E-state index is 0.00267. The molecule has 0 aromatic heterocycles. The average molecular weight is 291 g/mol. The van der Waals surface area contributed by atoms with Gasteiger partial charge in [0.25, 0.3) is 5.91 Å². The molecule has 0 aliphatic heterocycles. The van der Waals surface area contributed by atoms with Gasteiger partial charge in [-0.1, -0.05) is 13.0 Å². The van der Waals surface area contributed by atoms with Gasteiger partial charge in [-0.25, -0.2) is 9.18 Å². The van der Waals surface area contributed by atoms with E-state index >= 15 is 0 Å². The number of carboxylic acid groups (broad SMARTS) is 1. The number of halogens is 1. The first-order valence-corrected chi connectivity index (χ1v) is 7.04. The lowest BCUT2D eigenvalue weighted by molar-refractivity contribution is -0.131. The second-order valence-corrected chi connectivity index (χ2v) is 5.14. The Kier molecular flexibility index (Phi) is 4.73. The zero-order chi connectivity index (χ0) is 15.4. The Bertz CT molecular complexity index is 579. The van der Waals surface area contributed by atoms with Crippen LogP contribution in [0.15, 0.2) is 24.3 Å². The molecule has 1 aromatic carbocycles. The van der Waals surface area contributed by atoms with Gasteiger partial charge in [0.15, 0.2) is 0 Å². The molecule has 1 amide bonds. The summed E-state index contributed by atoms with van der Waals surface area (Å²) in [5.74, 6) is -1.98. The highest BCUT2D eigenvalue weighted by molar-refractivity contribution is 5.96. The highest BCUT2D eigenvalue weighted by Gasteiger charge is 2.33. The molecule has 1 N–H and O–H groups in total. The number of nitrogens with zero attached hydrogens (tertiary/aromatic N) is 1. The third kappa shape index (κ3) is 3.90. The number of benzene rings is 1. The van der Waals surface area contributed by atoms with Gasteiger partial charge in [0.2, 0.25) is 0 Å². The van der Waals surface area contributed by atoms with E-state index in [0.29, 0.717) is 12.1 Å². The smallest absolute Gasteiger partial charge is 0.328 e. The molecule has 2 rings (SSSR count). The third-order valence-corrected chi connectivity index (χ3v) is 3.35. The maximum Gasteiger partial charge on any atom is 0.328 e. The van der Waals surface area contributed by atoms with Crippen LogP contribution in [-0.2, 0) is 4.79 Å². The van der Waals surface area contributed by atoms with E-state index in [9.17, 15) is 14.0 Å². The van der Waals surface area contributed by atoms with Crippen LogP contribution in [0.1, 0.15) is 42.1 Å². The molecule has 4 nitrogen and oxygen atoms in total. The molecule has 1 aliphatic rings. The molecule has 5 heteroatoms. The fourth-order valence-corrected chi connectivity index (χ4v) is 2.21. The molecule has 1 saturated carbocycles. The Labute approximate surface area is 122 Å². The van der Waals surface area contributed by atoms with Gasteiger partial charge in [-0.2, -0.15) is 0 Å². The minimum atomic E-state index is -1.09. The minimum Gasteiger partial charge on any atom is -0.478 e. The van der Waals surface area contributed by atoms with Crippen LogP contribution in [0.5, 0.6) is 0 Å². The second-order valence-electron chi connectivity index (χ2n) is 5.14.